The molecule has 0 amide bonds. The Hall–Kier alpha value is -2.56. The van der Waals surface area contributed by atoms with Gasteiger partial charge in [-0.05, 0) is 19.4 Å². The molecule has 148 valence electrons. The van der Waals surface area contributed by atoms with Gasteiger partial charge in [0.25, 0.3) is 5.89 Å². The monoisotopic (exact) mass is 403 g/mol. The molecule has 0 radical (unpaired) electrons. The van der Waals surface area contributed by atoms with Gasteiger partial charge in [-0.2, -0.15) is 14.4 Å². The van der Waals surface area contributed by atoms with Gasteiger partial charge in [-0.3, -0.25) is 4.68 Å². The van der Waals surface area contributed by atoms with E-state index < -0.39 is 16.1 Å². The van der Waals surface area contributed by atoms with Crippen LogP contribution in [0.2, 0.25) is 0 Å². The van der Waals surface area contributed by atoms with Crippen molar-refractivity contribution in [3.8, 4) is 11.4 Å². The molecule has 3 heterocycles. The summed E-state index contributed by atoms with van der Waals surface area (Å²) in [5, 5.41) is 8.08. The van der Waals surface area contributed by atoms with Crippen LogP contribution in [0.1, 0.15) is 23.3 Å². The van der Waals surface area contributed by atoms with Crippen LogP contribution in [0, 0.1) is 13.8 Å². The second-order valence-electron chi connectivity index (χ2n) is 6.71. The number of aryl methyl sites for hydroxylation is 2. The summed E-state index contributed by atoms with van der Waals surface area (Å²) in [5.74, 6) is 0.723. The lowest BCUT2D eigenvalue weighted by atomic mass is 10.1. The van der Waals surface area contributed by atoms with E-state index in [1.165, 1.54) is 15.2 Å². The van der Waals surface area contributed by atoms with Gasteiger partial charge in [-0.1, -0.05) is 29.4 Å². The molecule has 2 aromatic heterocycles. The Morgan fingerprint density at radius 3 is 2.71 bits per heavy atom. The highest BCUT2D eigenvalue weighted by molar-refractivity contribution is 7.89. The smallest absolute Gasteiger partial charge is 0.257 e. The van der Waals surface area contributed by atoms with Crippen LogP contribution in [0.5, 0.6) is 0 Å². The summed E-state index contributed by atoms with van der Waals surface area (Å²) in [6.45, 7) is 4.29. The number of sulfonamides is 1. The molecule has 1 aliphatic heterocycles. The fraction of sp³-hybridized carbons (Fsp3) is 0.389. The van der Waals surface area contributed by atoms with Crippen molar-refractivity contribution in [2.45, 2.75) is 24.8 Å². The SMILES string of the molecule is Cc1ccccc1-c1noc([C@@H]2CN(S(=O)(=O)c3cnn(C)c3C)CCO2)n1. The third-order valence-corrected chi connectivity index (χ3v) is 6.91. The predicted molar refractivity (Wildman–Crippen MR) is 99.9 cm³/mol. The normalized spacial score (nSPS) is 18.5. The molecule has 10 heteroatoms. The first-order valence-corrected chi connectivity index (χ1v) is 10.3. The molecule has 3 aromatic rings. The molecule has 4 rings (SSSR count). The van der Waals surface area contributed by atoms with Crippen molar-refractivity contribution < 1.29 is 17.7 Å². The van der Waals surface area contributed by atoms with E-state index in [2.05, 4.69) is 15.2 Å². The summed E-state index contributed by atoms with van der Waals surface area (Å²) in [4.78, 5) is 4.63. The van der Waals surface area contributed by atoms with E-state index in [-0.39, 0.29) is 30.5 Å². The van der Waals surface area contributed by atoms with E-state index in [4.69, 9.17) is 9.26 Å². The van der Waals surface area contributed by atoms with Crippen LogP contribution in [0.25, 0.3) is 11.4 Å². The standard InChI is InChI=1S/C18H21N5O4S/c1-12-6-4-5-7-14(12)17-20-18(27-21-17)15-11-23(8-9-26-15)28(24,25)16-10-19-22(3)13(16)2/h4-7,10,15H,8-9,11H2,1-3H3/t15-/m0/s1. The van der Waals surface area contributed by atoms with Crippen LogP contribution in [0.15, 0.2) is 39.9 Å². The largest absolute Gasteiger partial charge is 0.366 e. The first-order valence-electron chi connectivity index (χ1n) is 8.88. The molecule has 1 aliphatic rings. The molecule has 0 N–H and O–H groups in total. The Morgan fingerprint density at radius 1 is 1.21 bits per heavy atom. The highest BCUT2D eigenvalue weighted by atomic mass is 32.2. The van der Waals surface area contributed by atoms with Gasteiger partial charge in [0.1, 0.15) is 4.90 Å². The Balaban J connectivity index is 1.58. The summed E-state index contributed by atoms with van der Waals surface area (Å²) in [6, 6.07) is 7.72. The summed E-state index contributed by atoms with van der Waals surface area (Å²) in [7, 11) is -1.97. The van der Waals surface area contributed by atoms with Crippen molar-refractivity contribution >= 4 is 10.0 Å². The molecule has 1 saturated heterocycles. The number of aromatic nitrogens is 4. The molecule has 1 fully saturated rings. The van der Waals surface area contributed by atoms with Crippen molar-refractivity contribution in [3.05, 3.63) is 47.6 Å². The third-order valence-electron chi connectivity index (χ3n) is 4.94. The maximum Gasteiger partial charge on any atom is 0.257 e. The van der Waals surface area contributed by atoms with Crippen LogP contribution in [0.3, 0.4) is 0 Å². The van der Waals surface area contributed by atoms with Crippen LogP contribution in [-0.2, 0) is 21.8 Å². The van der Waals surface area contributed by atoms with Crippen molar-refractivity contribution in [2.24, 2.45) is 7.05 Å². The number of hydrogen-bond donors (Lipinski definition) is 0. The molecule has 0 saturated carbocycles. The average Bonchev–Trinajstić information content (AvgIpc) is 3.30. The Kier molecular flexibility index (Phi) is 4.77. The van der Waals surface area contributed by atoms with Crippen LogP contribution in [0.4, 0.5) is 0 Å². The highest BCUT2D eigenvalue weighted by Gasteiger charge is 2.35. The maximum atomic E-state index is 13.0. The Labute approximate surface area is 163 Å². The van der Waals surface area contributed by atoms with Crippen molar-refractivity contribution in [1.82, 2.24) is 24.2 Å². The second-order valence-corrected chi connectivity index (χ2v) is 8.62. The van der Waals surface area contributed by atoms with E-state index in [1.807, 2.05) is 31.2 Å². The van der Waals surface area contributed by atoms with Gasteiger partial charge in [-0.25, -0.2) is 8.42 Å². The predicted octanol–water partition coefficient (Wildman–Crippen LogP) is 1.85. The number of nitrogens with zero attached hydrogens (tertiary/aromatic N) is 5. The topological polar surface area (TPSA) is 103 Å². The minimum absolute atomic E-state index is 0.103. The minimum Gasteiger partial charge on any atom is -0.366 e. The number of morpholine rings is 1. The highest BCUT2D eigenvalue weighted by Crippen LogP contribution is 2.28. The lowest BCUT2D eigenvalue weighted by molar-refractivity contribution is -0.0199. The summed E-state index contributed by atoms with van der Waals surface area (Å²) in [6.07, 6.45) is 0.753. The van der Waals surface area contributed by atoms with Gasteiger partial charge < -0.3 is 9.26 Å². The van der Waals surface area contributed by atoms with Gasteiger partial charge >= 0.3 is 0 Å². The first-order chi connectivity index (χ1) is 13.4. The summed E-state index contributed by atoms with van der Waals surface area (Å²) < 4.78 is 40.1. The van der Waals surface area contributed by atoms with E-state index >= 15 is 0 Å². The Morgan fingerprint density at radius 2 is 2.00 bits per heavy atom. The van der Waals surface area contributed by atoms with Crippen molar-refractivity contribution in [3.63, 3.8) is 0 Å². The second kappa shape index (κ2) is 7.12. The van der Waals surface area contributed by atoms with Crippen molar-refractivity contribution in [1.29, 1.82) is 0 Å². The van der Waals surface area contributed by atoms with E-state index in [0.29, 0.717) is 11.5 Å². The fourth-order valence-electron chi connectivity index (χ4n) is 3.16. The zero-order chi connectivity index (χ0) is 19.9. The molecule has 0 spiro atoms. The third kappa shape index (κ3) is 3.23. The molecule has 1 atom stereocenters. The van der Waals surface area contributed by atoms with E-state index in [9.17, 15) is 8.42 Å². The molecule has 0 unspecified atom stereocenters. The minimum atomic E-state index is -3.68. The van der Waals surface area contributed by atoms with E-state index in [0.717, 1.165) is 11.1 Å². The molecule has 28 heavy (non-hydrogen) atoms. The van der Waals surface area contributed by atoms with Gasteiger partial charge in [0.05, 0.1) is 18.5 Å². The number of benzene rings is 1. The molecule has 0 bridgehead atoms. The first kappa shape index (κ1) is 18.8. The van der Waals surface area contributed by atoms with Gasteiger partial charge in [0, 0.05) is 25.7 Å². The molecule has 0 aliphatic carbocycles. The molecule has 9 nitrogen and oxygen atoms in total. The molecular weight excluding hydrogens is 382 g/mol. The number of rotatable bonds is 4. The van der Waals surface area contributed by atoms with E-state index in [1.54, 1.807) is 14.0 Å². The zero-order valence-electron chi connectivity index (χ0n) is 15.9. The fourth-order valence-corrected chi connectivity index (χ4v) is 4.77. The lowest BCUT2D eigenvalue weighted by Crippen LogP contribution is -2.42. The average molecular weight is 403 g/mol. The van der Waals surface area contributed by atoms with Crippen LogP contribution in [-0.4, -0.2) is 52.3 Å². The van der Waals surface area contributed by atoms with Crippen LogP contribution >= 0.6 is 0 Å². The maximum absolute atomic E-state index is 13.0. The number of ether oxygens (including phenoxy) is 1. The number of hydrogen-bond acceptors (Lipinski definition) is 7. The van der Waals surface area contributed by atoms with Gasteiger partial charge in [0.2, 0.25) is 15.8 Å². The van der Waals surface area contributed by atoms with Crippen molar-refractivity contribution in [2.75, 3.05) is 19.7 Å². The van der Waals surface area contributed by atoms with Crippen LogP contribution < -0.4 is 0 Å². The Bertz CT molecular complexity index is 1100. The quantitative estimate of drug-likeness (QED) is 0.655. The van der Waals surface area contributed by atoms with Gasteiger partial charge in [0.15, 0.2) is 6.10 Å². The van der Waals surface area contributed by atoms with Gasteiger partial charge in [-0.15, -0.1) is 0 Å². The zero-order valence-corrected chi connectivity index (χ0v) is 16.7. The lowest BCUT2D eigenvalue weighted by Gasteiger charge is -2.30. The summed E-state index contributed by atoms with van der Waals surface area (Å²) in [5.41, 5.74) is 2.47. The summed E-state index contributed by atoms with van der Waals surface area (Å²) >= 11 is 0. The molecule has 1 aromatic carbocycles. The molecular formula is C18H21N5O4S.